The number of ether oxygens (including phenoxy) is 2. The summed E-state index contributed by atoms with van der Waals surface area (Å²) in [7, 11) is 1.17. The molecule has 0 fully saturated rings. The zero-order valence-electron chi connectivity index (χ0n) is 15.7. The maximum absolute atomic E-state index is 12.6. The van der Waals surface area contributed by atoms with Crippen molar-refractivity contribution in [2.24, 2.45) is 0 Å². The van der Waals surface area contributed by atoms with Crippen molar-refractivity contribution in [2.75, 3.05) is 12.4 Å². The van der Waals surface area contributed by atoms with Gasteiger partial charge >= 0.3 is 11.9 Å². The van der Waals surface area contributed by atoms with E-state index in [0.29, 0.717) is 0 Å². The van der Waals surface area contributed by atoms with E-state index in [4.69, 9.17) is 37.2 Å². The number of rotatable bonds is 5. The van der Waals surface area contributed by atoms with Crippen molar-refractivity contribution in [2.45, 2.75) is 6.92 Å². The summed E-state index contributed by atoms with van der Waals surface area (Å²) in [5, 5.41) is 6.79. The van der Waals surface area contributed by atoms with E-state index in [1.54, 1.807) is 18.2 Å². The van der Waals surface area contributed by atoms with Gasteiger partial charge in [0.15, 0.2) is 5.56 Å². The first-order valence-electron chi connectivity index (χ1n) is 8.44. The number of aromatic nitrogens is 1. The summed E-state index contributed by atoms with van der Waals surface area (Å²) in [6.45, 7) is 1.27. The predicted octanol–water partition coefficient (Wildman–Crippen LogP) is 4.61. The molecule has 1 amide bonds. The van der Waals surface area contributed by atoms with Gasteiger partial charge in [0.2, 0.25) is 5.88 Å². The number of hydrogen-bond acceptors (Lipinski definition) is 7. The third-order valence-electron chi connectivity index (χ3n) is 3.89. The second kappa shape index (κ2) is 8.98. The van der Waals surface area contributed by atoms with Gasteiger partial charge in [0.1, 0.15) is 11.4 Å². The van der Waals surface area contributed by atoms with Crippen LogP contribution in [0.15, 0.2) is 47.0 Å². The molecule has 0 aliphatic rings. The summed E-state index contributed by atoms with van der Waals surface area (Å²) in [6.07, 6.45) is 0. The molecule has 2 aromatic carbocycles. The predicted molar refractivity (Wildman–Crippen MR) is 109 cm³/mol. The molecular formula is C20H14Cl2N2O6. The number of methoxy groups -OCH3 is 1. The number of amides is 1. The Labute approximate surface area is 180 Å². The first-order valence-corrected chi connectivity index (χ1v) is 9.19. The minimum Gasteiger partial charge on any atom is -0.465 e. The molecule has 30 heavy (non-hydrogen) atoms. The van der Waals surface area contributed by atoms with Gasteiger partial charge in [-0.1, -0.05) is 34.4 Å². The third kappa shape index (κ3) is 4.45. The monoisotopic (exact) mass is 448 g/mol. The maximum Gasteiger partial charge on any atom is 0.345 e. The molecule has 0 spiro atoms. The fraction of sp³-hybridized carbons (Fsp3) is 0.100. The van der Waals surface area contributed by atoms with E-state index in [9.17, 15) is 14.4 Å². The van der Waals surface area contributed by atoms with Gasteiger partial charge in [-0.15, -0.1) is 0 Å². The Hall–Kier alpha value is -3.36. The number of halogens is 2. The molecule has 3 rings (SSSR count). The minimum absolute atomic E-state index is 0.0259. The fourth-order valence-electron chi connectivity index (χ4n) is 2.58. The summed E-state index contributed by atoms with van der Waals surface area (Å²) < 4.78 is 14.9. The summed E-state index contributed by atoms with van der Waals surface area (Å²) in [6, 6.07) is 10.6. The number of carbonyl (C=O) groups is 3. The van der Waals surface area contributed by atoms with Gasteiger partial charge in [-0.25, -0.2) is 4.79 Å². The van der Waals surface area contributed by atoms with Gasteiger partial charge in [-0.2, -0.15) is 0 Å². The van der Waals surface area contributed by atoms with Crippen LogP contribution >= 0.6 is 23.2 Å². The topological polar surface area (TPSA) is 108 Å². The molecular weight excluding hydrogens is 435 g/mol. The standard InChI is InChI=1S/C20H14Cl2N2O6/c1-10(25)29-12-8-6-11(7-9-12)18(26)23-19-16(20(27)28-2)17(24-30-19)15-13(21)4-3-5-14(15)22/h3-9H,1-2H3,(H,23,26). The summed E-state index contributed by atoms with van der Waals surface area (Å²) >= 11 is 12.4. The average molecular weight is 449 g/mol. The Bertz CT molecular complexity index is 1100. The number of benzene rings is 2. The van der Waals surface area contributed by atoms with E-state index < -0.39 is 17.8 Å². The van der Waals surface area contributed by atoms with Crippen molar-refractivity contribution in [3.05, 3.63) is 63.6 Å². The lowest BCUT2D eigenvalue weighted by atomic mass is 10.1. The van der Waals surface area contributed by atoms with Crippen LogP contribution in [0.1, 0.15) is 27.6 Å². The second-order valence-corrected chi connectivity index (χ2v) is 6.71. The van der Waals surface area contributed by atoms with Crippen LogP contribution in [-0.2, 0) is 9.53 Å². The Morgan fingerprint density at radius 1 is 1.03 bits per heavy atom. The van der Waals surface area contributed by atoms with Crippen LogP contribution in [-0.4, -0.2) is 30.1 Å². The SMILES string of the molecule is COC(=O)c1c(-c2c(Cl)cccc2Cl)noc1NC(=O)c1ccc(OC(C)=O)cc1. The van der Waals surface area contributed by atoms with E-state index in [1.165, 1.54) is 38.3 Å². The molecule has 0 aliphatic heterocycles. The molecule has 0 bridgehead atoms. The molecule has 1 heterocycles. The highest BCUT2D eigenvalue weighted by molar-refractivity contribution is 6.39. The average Bonchev–Trinajstić information content (AvgIpc) is 3.10. The van der Waals surface area contributed by atoms with Crippen molar-refractivity contribution >= 4 is 46.9 Å². The molecule has 154 valence electrons. The molecule has 0 radical (unpaired) electrons. The van der Waals surface area contributed by atoms with Crippen molar-refractivity contribution < 1.29 is 28.4 Å². The smallest absolute Gasteiger partial charge is 0.345 e. The van der Waals surface area contributed by atoms with Crippen LogP contribution < -0.4 is 10.1 Å². The Morgan fingerprint density at radius 3 is 2.23 bits per heavy atom. The number of hydrogen-bond donors (Lipinski definition) is 1. The van der Waals surface area contributed by atoms with Gasteiger partial charge in [-0.3, -0.25) is 14.9 Å². The van der Waals surface area contributed by atoms with Crippen LogP contribution in [0.25, 0.3) is 11.3 Å². The first-order chi connectivity index (χ1) is 14.3. The lowest BCUT2D eigenvalue weighted by Crippen LogP contribution is -2.14. The third-order valence-corrected chi connectivity index (χ3v) is 4.52. The number of carbonyl (C=O) groups excluding carboxylic acids is 3. The highest BCUT2D eigenvalue weighted by Gasteiger charge is 2.28. The van der Waals surface area contributed by atoms with Crippen molar-refractivity contribution in [3.8, 4) is 17.0 Å². The lowest BCUT2D eigenvalue weighted by molar-refractivity contribution is -0.131. The van der Waals surface area contributed by atoms with Gasteiger partial charge in [0.05, 0.1) is 17.2 Å². The molecule has 10 heteroatoms. The normalized spacial score (nSPS) is 10.4. The Kier molecular flexibility index (Phi) is 6.39. The maximum atomic E-state index is 12.6. The van der Waals surface area contributed by atoms with Crippen LogP contribution in [0.2, 0.25) is 10.0 Å². The Morgan fingerprint density at radius 2 is 1.67 bits per heavy atom. The number of nitrogens with zero attached hydrogens (tertiary/aromatic N) is 1. The molecule has 8 nitrogen and oxygen atoms in total. The molecule has 3 aromatic rings. The largest absolute Gasteiger partial charge is 0.465 e. The quantitative estimate of drug-likeness (QED) is 0.448. The lowest BCUT2D eigenvalue weighted by Gasteiger charge is -2.07. The van der Waals surface area contributed by atoms with Gasteiger partial charge in [0.25, 0.3) is 5.91 Å². The van der Waals surface area contributed by atoms with Gasteiger partial charge in [-0.05, 0) is 36.4 Å². The highest BCUT2D eigenvalue weighted by atomic mass is 35.5. The van der Waals surface area contributed by atoms with Crippen molar-refractivity contribution in [3.63, 3.8) is 0 Å². The molecule has 0 aliphatic carbocycles. The first kappa shape index (κ1) is 21.4. The number of esters is 2. The Balaban J connectivity index is 1.95. The van der Waals surface area contributed by atoms with Crippen LogP contribution in [0.5, 0.6) is 5.75 Å². The second-order valence-electron chi connectivity index (χ2n) is 5.90. The van der Waals surface area contributed by atoms with Crippen LogP contribution in [0, 0.1) is 0 Å². The molecule has 1 aromatic heterocycles. The number of anilines is 1. The zero-order valence-corrected chi connectivity index (χ0v) is 17.2. The molecule has 0 atom stereocenters. The van der Waals surface area contributed by atoms with Gasteiger partial charge in [0, 0.05) is 18.1 Å². The molecule has 0 unspecified atom stereocenters. The molecule has 0 saturated heterocycles. The summed E-state index contributed by atoms with van der Waals surface area (Å²) in [4.78, 5) is 35.9. The van der Waals surface area contributed by atoms with E-state index in [-0.39, 0.29) is 44.1 Å². The number of nitrogens with one attached hydrogen (secondary N) is 1. The molecule has 1 N–H and O–H groups in total. The summed E-state index contributed by atoms with van der Waals surface area (Å²) in [5.41, 5.74) is 0.363. The highest BCUT2D eigenvalue weighted by Crippen LogP contribution is 2.38. The van der Waals surface area contributed by atoms with Crippen molar-refractivity contribution in [1.82, 2.24) is 5.16 Å². The van der Waals surface area contributed by atoms with Crippen molar-refractivity contribution in [1.29, 1.82) is 0 Å². The van der Waals surface area contributed by atoms with E-state index >= 15 is 0 Å². The zero-order chi connectivity index (χ0) is 21.8. The molecule has 0 saturated carbocycles. The van der Waals surface area contributed by atoms with Gasteiger partial charge < -0.3 is 14.0 Å². The summed E-state index contributed by atoms with van der Waals surface area (Å²) in [5.74, 6) is -1.83. The van der Waals surface area contributed by atoms with E-state index in [1.807, 2.05) is 0 Å². The minimum atomic E-state index is -0.803. The van der Waals surface area contributed by atoms with Crippen LogP contribution in [0.4, 0.5) is 5.88 Å². The van der Waals surface area contributed by atoms with Crippen LogP contribution in [0.3, 0.4) is 0 Å². The van der Waals surface area contributed by atoms with E-state index in [0.717, 1.165) is 0 Å². The fourth-order valence-corrected chi connectivity index (χ4v) is 3.15. The van der Waals surface area contributed by atoms with E-state index in [2.05, 4.69) is 10.5 Å².